The number of hydrogen-bond donors (Lipinski definition) is 2. The molecule has 0 saturated heterocycles. The molecule has 0 aliphatic heterocycles. The van der Waals surface area contributed by atoms with Crippen LogP contribution in [0.1, 0.15) is 26.7 Å². The molecule has 5 nitrogen and oxygen atoms in total. The molecule has 0 saturated carbocycles. The molecule has 0 amide bonds. The summed E-state index contributed by atoms with van der Waals surface area (Å²) in [4.78, 5) is 6.74. The predicted octanol–water partition coefficient (Wildman–Crippen LogP) is 2.09. The van der Waals surface area contributed by atoms with Crippen LogP contribution in [0.25, 0.3) is 0 Å². The number of aromatic nitrogens is 1. The van der Waals surface area contributed by atoms with Crippen LogP contribution in [0.5, 0.6) is 0 Å². The Bertz CT molecular complexity index is 351. The zero-order valence-corrected chi connectivity index (χ0v) is 12.9. The van der Waals surface area contributed by atoms with Crippen LogP contribution < -0.4 is 16.0 Å². The van der Waals surface area contributed by atoms with E-state index in [1.165, 1.54) is 0 Å². The van der Waals surface area contributed by atoms with Crippen molar-refractivity contribution in [3.05, 3.63) is 18.3 Å². The number of ether oxygens (including phenoxy) is 1. The molecule has 1 unspecified atom stereocenters. The molecule has 0 aliphatic carbocycles. The maximum absolute atomic E-state index is 5.56. The quantitative estimate of drug-likeness (QED) is 0.687. The van der Waals surface area contributed by atoms with Crippen molar-refractivity contribution in [2.45, 2.75) is 32.7 Å². The highest BCUT2D eigenvalue weighted by Gasteiger charge is 2.09. The molecule has 0 aliphatic rings. The van der Waals surface area contributed by atoms with Crippen molar-refractivity contribution < 1.29 is 4.74 Å². The van der Waals surface area contributed by atoms with E-state index < -0.39 is 0 Å². The minimum absolute atomic E-state index is 0.282. The van der Waals surface area contributed by atoms with Gasteiger partial charge in [0.15, 0.2) is 0 Å². The standard InChI is InChI=1S/C15H28N4O/c1-4-19(5-2)15-9-8-13(11-17-15)18-14(12-20-3)7-6-10-16/h8-9,11,14,18H,4-7,10,12,16H2,1-3H3. The van der Waals surface area contributed by atoms with E-state index in [4.69, 9.17) is 10.5 Å². The van der Waals surface area contributed by atoms with Gasteiger partial charge in [-0.2, -0.15) is 0 Å². The number of methoxy groups -OCH3 is 1. The van der Waals surface area contributed by atoms with Gasteiger partial charge in [0.1, 0.15) is 5.82 Å². The van der Waals surface area contributed by atoms with Crippen LogP contribution >= 0.6 is 0 Å². The van der Waals surface area contributed by atoms with Crippen LogP contribution in [0.2, 0.25) is 0 Å². The third-order valence-corrected chi connectivity index (χ3v) is 3.33. The van der Waals surface area contributed by atoms with E-state index in [0.29, 0.717) is 13.2 Å². The molecule has 1 aromatic rings. The van der Waals surface area contributed by atoms with Gasteiger partial charge in [0, 0.05) is 26.2 Å². The average Bonchev–Trinajstić information content (AvgIpc) is 2.48. The average molecular weight is 280 g/mol. The Balaban J connectivity index is 2.62. The van der Waals surface area contributed by atoms with E-state index in [1.54, 1.807) is 7.11 Å². The Hall–Kier alpha value is -1.33. The monoisotopic (exact) mass is 280 g/mol. The van der Waals surface area contributed by atoms with Crippen LogP contribution in [0.4, 0.5) is 11.5 Å². The molecule has 20 heavy (non-hydrogen) atoms. The number of nitrogens with one attached hydrogen (secondary N) is 1. The summed E-state index contributed by atoms with van der Waals surface area (Å²) in [5, 5.41) is 3.46. The maximum Gasteiger partial charge on any atom is 0.128 e. The molecule has 3 N–H and O–H groups in total. The zero-order valence-electron chi connectivity index (χ0n) is 12.9. The fourth-order valence-electron chi connectivity index (χ4n) is 2.20. The van der Waals surface area contributed by atoms with Crippen molar-refractivity contribution in [2.24, 2.45) is 5.73 Å². The van der Waals surface area contributed by atoms with Crippen LogP contribution in [0, 0.1) is 0 Å². The summed E-state index contributed by atoms with van der Waals surface area (Å²) in [6, 6.07) is 4.41. The second kappa shape index (κ2) is 9.55. The first-order valence-electron chi connectivity index (χ1n) is 7.41. The highest BCUT2D eigenvalue weighted by atomic mass is 16.5. The summed E-state index contributed by atoms with van der Waals surface area (Å²) < 4.78 is 5.24. The van der Waals surface area contributed by atoms with Crippen molar-refractivity contribution in [3.63, 3.8) is 0 Å². The van der Waals surface area contributed by atoms with Gasteiger partial charge in [0.05, 0.1) is 18.5 Å². The van der Waals surface area contributed by atoms with Gasteiger partial charge < -0.3 is 20.7 Å². The maximum atomic E-state index is 5.56. The Morgan fingerprint density at radius 2 is 2.10 bits per heavy atom. The van der Waals surface area contributed by atoms with Gasteiger partial charge in [-0.05, 0) is 45.4 Å². The molecule has 1 rings (SSSR count). The minimum atomic E-state index is 0.282. The summed E-state index contributed by atoms with van der Waals surface area (Å²) >= 11 is 0. The summed E-state index contributed by atoms with van der Waals surface area (Å²) in [5.74, 6) is 1.02. The number of rotatable bonds is 10. The molecule has 5 heteroatoms. The smallest absolute Gasteiger partial charge is 0.128 e. The summed E-state index contributed by atoms with van der Waals surface area (Å²) in [7, 11) is 1.72. The van der Waals surface area contributed by atoms with Gasteiger partial charge in [-0.15, -0.1) is 0 Å². The molecule has 0 bridgehead atoms. The highest BCUT2D eigenvalue weighted by Crippen LogP contribution is 2.15. The lowest BCUT2D eigenvalue weighted by molar-refractivity contribution is 0.182. The Morgan fingerprint density at radius 3 is 2.60 bits per heavy atom. The van der Waals surface area contributed by atoms with Gasteiger partial charge in [-0.3, -0.25) is 0 Å². The van der Waals surface area contributed by atoms with Crippen LogP contribution in [-0.2, 0) is 4.74 Å². The Labute approximate surface area is 122 Å². The molecule has 0 spiro atoms. The van der Waals surface area contributed by atoms with E-state index in [0.717, 1.165) is 37.4 Å². The first-order valence-corrected chi connectivity index (χ1v) is 7.41. The van der Waals surface area contributed by atoms with Crippen molar-refractivity contribution in [2.75, 3.05) is 43.6 Å². The van der Waals surface area contributed by atoms with Crippen molar-refractivity contribution in [3.8, 4) is 0 Å². The van der Waals surface area contributed by atoms with Gasteiger partial charge in [0.2, 0.25) is 0 Å². The first kappa shape index (κ1) is 16.7. The van der Waals surface area contributed by atoms with Crippen molar-refractivity contribution in [1.82, 2.24) is 4.98 Å². The molecule has 1 atom stereocenters. The number of nitrogens with zero attached hydrogens (tertiary/aromatic N) is 2. The largest absolute Gasteiger partial charge is 0.383 e. The predicted molar refractivity (Wildman–Crippen MR) is 85.4 cm³/mol. The summed E-state index contributed by atoms with van der Waals surface area (Å²) in [6.45, 7) is 7.61. The third-order valence-electron chi connectivity index (χ3n) is 3.33. The van der Waals surface area contributed by atoms with Crippen molar-refractivity contribution >= 4 is 11.5 Å². The van der Waals surface area contributed by atoms with Crippen LogP contribution in [-0.4, -0.2) is 44.4 Å². The number of hydrogen-bond acceptors (Lipinski definition) is 5. The highest BCUT2D eigenvalue weighted by molar-refractivity contribution is 5.49. The number of pyridine rings is 1. The lowest BCUT2D eigenvalue weighted by Crippen LogP contribution is -2.26. The number of nitrogens with two attached hydrogens (primary N) is 1. The zero-order chi connectivity index (χ0) is 14.8. The second-order valence-electron chi connectivity index (χ2n) is 4.80. The van der Waals surface area contributed by atoms with Gasteiger partial charge in [-0.1, -0.05) is 0 Å². The molecule has 0 fully saturated rings. The van der Waals surface area contributed by atoms with E-state index in [2.05, 4.69) is 41.2 Å². The normalized spacial score (nSPS) is 12.2. The molecule has 1 aromatic heterocycles. The first-order chi connectivity index (χ1) is 9.74. The topological polar surface area (TPSA) is 63.4 Å². The summed E-state index contributed by atoms with van der Waals surface area (Å²) in [5.41, 5.74) is 6.59. The molecular weight excluding hydrogens is 252 g/mol. The lowest BCUT2D eigenvalue weighted by Gasteiger charge is -2.21. The van der Waals surface area contributed by atoms with Crippen LogP contribution in [0.15, 0.2) is 18.3 Å². The fourth-order valence-corrected chi connectivity index (χ4v) is 2.20. The van der Waals surface area contributed by atoms with Gasteiger partial charge in [0.25, 0.3) is 0 Å². The van der Waals surface area contributed by atoms with Gasteiger partial charge in [-0.25, -0.2) is 4.98 Å². The van der Waals surface area contributed by atoms with E-state index in [-0.39, 0.29) is 6.04 Å². The van der Waals surface area contributed by atoms with E-state index in [1.807, 2.05) is 6.20 Å². The van der Waals surface area contributed by atoms with Crippen molar-refractivity contribution in [1.29, 1.82) is 0 Å². The number of anilines is 2. The molecule has 0 aromatic carbocycles. The molecule has 0 radical (unpaired) electrons. The Kier molecular flexibility index (Phi) is 7.99. The van der Waals surface area contributed by atoms with Crippen LogP contribution in [0.3, 0.4) is 0 Å². The van der Waals surface area contributed by atoms with Gasteiger partial charge >= 0.3 is 0 Å². The Morgan fingerprint density at radius 1 is 1.35 bits per heavy atom. The second-order valence-corrected chi connectivity index (χ2v) is 4.80. The fraction of sp³-hybridized carbons (Fsp3) is 0.667. The van der Waals surface area contributed by atoms with E-state index >= 15 is 0 Å². The van der Waals surface area contributed by atoms with E-state index in [9.17, 15) is 0 Å². The molecule has 1 heterocycles. The summed E-state index contributed by atoms with van der Waals surface area (Å²) in [6.07, 6.45) is 3.88. The lowest BCUT2D eigenvalue weighted by atomic mass is 10.1. The SMILES string of the molecule is CCN(CC)c1ccc(NC(CCCN)COC)cn1. The third kappa shape index (κ3) is 5.35. The molecule has 114 valence electrons. The minimum Gasteiger partial charge on any atom is -0.383 e. The molecular formula is C15H28N4O.